The van der Waals surface area contributed by atoms with E-state index in [1.807, 2.05) is 32.9 Å². The van der Waals surface area contributed by atoms with Crippen molar-refractivity contribution in [1.82, 2.24) is 9.55 Å². The van der Waals surface area contributed by atoms with E-state index in [1.54, 1.807) is 10.8 Å². The van der Waals surface area contributed by atoms with Gasteiger partial charge < -0.3 is 0 Å². The Morgan fingerprint density at radius 1 is 1.11 bits per heavy atom. The molecule has 0 aliphatic heterocycles. The van der Waals surface area contributed by atoms with E-state index in [-0.39, 0.29) is 5.16 Å². The first-order valence-electron chi connectivity index (χ1n) is 5.62. The SMILES string of the molecule is Cc1cc(C)c(-n2ccnc2S(C)(=O)=O)c(C)c1. The minimum Gasteiger partial charge on any atom is -0.290 e. The molecule has 18 heavy (non-hydrogen) atoms. The van der Waals surface area contributed by atoms with E-state index in [4.69, 9.17) is 0 Å². The highest BCUT2D eigenvalue weighted by atomic mass is 32.2. The molecule has 0 saturated heterocycles. The molecule has 1 heterocycles. The second-order valence-corrected chi connectivity index (χ2v) is 6.51. The van der Waals surface area contributed by atoms with Gasteiger partial charge in [0.15, 0.2) is 0 Å². The van der Waals surface area contributed by atoms with Crippen LogP contribution in [-0.2, 0) is 9.84 Å². The van der Waals surface area contributed by atoms with Crippen LogP contribution in [-0.4, -0.2) is 24.2 Å². The zero-order valence-electron chi connectivity index (χ0n) is 10.9. The lowest BCUT2D eigenvalue weighted by Crippen LogP contribution is -2.09. The van der Waals surface area contributed by atoms with Crippen LogP contribution in [0.4, 0.5) is 0 Å². The monoisotopic (exact) mass is 264 g/mol. The van der Waals surface area contributed by atoms with Crippen molar-refractivity contribution < 1.29 is 8.42 Å². The van der Waals surface area contributed by atoms with Gasteiger partial charge in [0.25, 0.3) is 0 Å². The van der Waals surface area contributed by atoms with Crippen molar-refractivity contribution in [1.29, 1.82) is 0 Å². The van der Waals surface area contributed by atoms with Gasteiger partial charge in [-0.25, -0.2) is 13.4 Å². The molecular formula is C13H16N2O2S. The van der Waals surface area contributed by atoms with Crippen LogP contribution < -0.4 is 0 Å². The standard InChI is InChI=1S/C13H16N2O2S/c1-9-7-10(2)12(11(3)8-9)15-6-5-14-13(15)18(4,16)17/h5-8H,1-4H3. The second kappa shape index (κ2) is 4.24. The zero-order valence-corrected chi connectivity index (χ0v) is 11.7. The molecule has 0 spiro atoms. The number of hydrogen-bond acceptors (Lipinski definition) is 3. The molecule has 2 rings (SSSR count). The fourth-order valence-corrected chi connectivity index (χ4v) is 3.05. The van der Waals surface area contributed by atoms with Crippen molar-refractivity contribution in [2.75, 3.05) is 6.26 Å². The molecule has 0 aliphatic carbocycles. The van der Waals surface area contributed by atoms with Crippen molar-refractivity contribution in [2.24, 2.45) is 0 Å². The summed E-state index contributed by atoms with van der Waals surface area (Å²) in [4.78, 5) is 3.94. The number of nitrogens with zero attached hydrogens (tertiary/aromatic N) is 2. The molecule has 0 saturated carbocycles. The maximum Gasteiger partial charge on any atom is 0.231 e. The molecule has 0 amide bonds. The summed E-state index contributed by atoms with van der Waals surface area (Å²) in [5.41, 5.74) is 4.12. The molecule has 0 radical (unpaired) electrons. The molecule has 1 aromatic carbocycles. The Morgan fingerprint density at radius 3 is 2.17 bits per heavy atom. The summed E-state index contributed by atoms with van der Waals surface area (Å²) in [5.74, 6) is 0. The summed E-state index contributed by atoms with van der Waals surface area (Å²) in [6, 6.07) is 4.07. The second-order valence-electron chi connectivity index (χ2n) is 4.60. The smallest absolute Gasteiger partial charge is 0.231 e. The molecule has 4 nitrogen and oxygen atoms in total. The Kier molecular flexibility index (Phi) is 3.02. The van der Waals surface area contributed by atoms with Crippen molar-refractivity contribution in [3.05, 3.63) is 41.2 Å². The van der Waals surface area contributed by atoms with E-state index in [2.05, 4.69) is 4.98 Å². The molecule has 0 unspecified atom stereocenters. The third-order valence-corrected chi connectivity index (χ3v) is 3.78. The van der Waals surface area contributed by atoms with Crippen LogP contribution in [0.25, 0.3) is 5.69 Å². The van der Waals surface area contributed by atoms with E-state index in [0.29, 0.717) is 0 Å². The first kappa shape index (κ1) is 12.8. The Bertz CT molecular complexity index is 677. The zero-order chi connectivity index (χ0) is 13.5. The van der Waals surface area contributed by atoms with E-state index in [1.165, 1.54) is 12.5 Å². The lowest BCUT2D eigenvalue weighted by Gasteiger charge is -2.14. The third kappa shape index (κ3) is 2.18. The van der Waals surface area contributed by atoms with Gasteiger partial charge in [-0.1, -0.05) is 17.7 Å². The van der Waals surface area contributed by atoms with Crippen LogP contribution in [0.2, 0.25) is 0 Å². The Balaban J connectivity index is 2.75. The van der Waals surface area contributed by atoms with Gasteiger partial charge in [-0.15, -0.1) is 0 Å². The summed E-state index contributed by atoms with van der Waals surface area (Å²) in [6.07, 6.45) is 4.36. The van der Waals surface area contributed by atoms with Crippen molar-refractivity contribution in [2.45, 2.75) is 25.9 Å². The number of hydrogen-bond donors (Lipinski definition) is 0. The summed E-state index contributed by atoms with van der Waals surface area (Å²) in [7, 11) is -3.33. The minimum absolute atomic E-state index is 0.0811. The lowest BCUT2D eigenvalue weighted by atomic mass is 10.1. The van der Waals surface area contributed by atoms with Crippen LogP contribution in [0.5, 0.6) is 0 Å². The minimum atomic E-state index is -3.33. The number of aromatic nitrogens is 2. The van der Waals surface area contributed by atoms with Crippen LogP contribution in [0.1, 0.15) is 16.7 Å². The Labute approximate surface area is 107 Å². The number of imidazole rings is 1. The Hall–Kier alpha value is -1.62. The highest BCUT2D eigenvalue weighted by molar-refractivity contribution is 7.90. The van der Waals surface area contributed by atoms with Gasteiger partial charge in [-0.2, -0.15) is 0 Å². The maximum atomic E-state index is 11.7. The molecule has 0 N–H and O–H groups in total. The molecule has 0 aliphatic rings. The van der Waals surface area contributed by atoms with E-state index >= 15 is 0 Å². The van der Waals surface area contributed by atoms with Crippen LogP contribution in [0.3, 0.4) is 0 Å². The highest BCUT2D eigenvalue weighted by Gasteiger charge is 2.18. The van der Waals surface area contributed by atoms with Crippen molar-refractivity contribution in [3.8, 4) is 5.69 Å². The first-order valence-corrected chi connectivity index (χ1v) is 7.51. The lowest BCUT2D eigenvalue weighted by molar-refractivity contribution is 0.590. The molecule has 2 aromatic rings. The summed E-state index contributed by atoms with van der Waals surface area (Å²) < 4.78 is 25.0. The number of rotatable bonds is 2. The van der Waals surface area contributed by atoms with Gasteiger partial charge in [0.1, 0.15) is 0 Å². The predicted molar refractivity (Wildman–Crippen MR) is 70.9 cm³/mol. The van der Waals surface area contributed by atoms with Crippen LogP contribution in [0.15, 0.2) is 29.7 Å². The van der Waals surface area contributed by atoms with E-state index in [9.17, 15) is 8.42 Å². The van der Waals surface area contributed by atoms with Crippen molar-refractivity contribution in [3.63, 3.8) is 0 Å². The molecule has 5 heteroatoms. The average Bonchev–Trinajstić information content (AvgIpc) is 2.63. The number of aryl methyl sites for hydroxylation is 3. The molecule has 0 atom stereocenters. The molecule has 96 valence electrons. The summed E-state index contributed by atoms with van der Waals surface area (Å²) >= 11 is 0. The normalized spacial score (nSPS) is 11.8. The fourth-order valence-electron chi connectivity index (χ4n) is 2.29. The first-order chi connectivity index (χ1) is 8.30. The maximum absolute atomic E-state index is 11.7. The fraction of sp³-hybridized carbons (Fsp3) is 0.308. The molecule has 1 aromatic heterocycles. The van der Waals surface area contributed by atoms with Gasteiger partial charge in [0.2, 0.25) is 15.0 Å². The van der Waals surface area contributed by atoms with Gasteiger partial charge in [0, 0.05) is 18.6 Å². The molecular weight excluding hydrogens is 248 g/mol. The van der Waals surface area contributed by atoms with E-state index < -0.39 is 9.84 Å². The van der Waals surface area contributed by atoms with Gasteiger partial charge in [-0.05, 0) is 31.9 Å². The van der Waals surface area contributed by atoms with Gasteiger partial charge in [0.05, 0.1) is 5.69 Å². The average molecular weight is 264 g/mol. The highest BCUT2D eigenvalue weighted by Crippen LogP contribution is 2.23. The number of benzene rings is 1. The van der Waals surface area contributed by atoms with Crippen molar-refractivity contribution >= 4 is 9.84 Å². The van der Waals surface area contributed by atoms with Gasteiger partial charge in [-0.3, -0.25) is 4.57 Å². The van der Waals surface area contributed by atoms with Gasteiger partial charge >= 0.3 is 0 Å². The summed E-state index contributed by atoms with van der Waals surface area (Å²) in [6.45, 7) is 5.97. The van der Waals surface area contributed by atoms with Crippen LogP contribution >= 0.6 is 0 Å². The van der Waals surface area contributed by atoms with E-state index in [0.717, 1.165) is 22.4 Å². The molecule has 0 bridgehead atoms. The predicted octanol–water partition coefficient (Wildman–Crippen LogP) is 2.20. The topological polar surface area (TPSA) is 52.0 Å². The Morgan fingerprint density at radius 2 is 1.67 bits per heavy atom. The largest absolute Gasteiger partial charge is 0.290 e. The van der Waals surface area contributed by atoms with Crippen LogP contribution in [0, 0.1) is 20.8 Å². The quantitative estimate of drug-likeness (QED) is 0.835. The molecule has 0 fully saturated rings. The third-order valence-electron chi connectivity index (χ3n) is 2.81. The number of sulfone groups is 1. The summed E-state index contributed by atoms with van der Waals surface area (Å²) in [5, 5.41) is 0.0811.